The van der Waals surface area contributed by atoms with Gasteiger partial charge in [0.15, 0.2) is 0 Å². The highest BCUT2D eigenvalue weighted by molar-refractivity contribution is 5.16. The summed E-state index contributed by atoms with van der Waals surface area (Å²) < 4.78 is 0. The van der Waals surface area contributed by atoms with Gasteiger partial charge in [0.2, 0.25) is 0 Å². The number of hydrogen-bond acceptors (Lipinski definition) is 1. The molecule has 1 heteroatoms. The summed E-state index contributed by atoms with van der Waals surface area (Å²) in [7, 11) is 0. The molecule has 0 aliphatic carbocycles. The topological polar surface area (TPSA) is 20.2 Å². The van der Waals surface area contributed by atoms with Crippen LogP contribution in [0.25, 0.3) is 0 Å². The maximum absolute atomic E-state index is 9.36. The van der Waals surface area contributed by atoms with Gasteiger partial charge in [-0.3, -0.25) is 0 Å². The van der Waals surface area contributed by atoms with Crippen LogP contribution in [0.2, 0.25) is 0 Å². The Morgan fingerprint density at radius 3 is 2.40 bits per heavy atom. The second-order valence-electron chi connectivity index (χ2n) is 2.61. The molecule has 0 saturated carbocycles. The summed E-state index contributed by atoms with van der Waals surface area (Å²) in [5.41, 5.74) is 1.80. The van der Waals surface area contributed by atoms with Gasteiger partial charge in [0.1, 0.15) is 0 Å². The van der Waals surface area contributed by atoms with E-state index in [9.17, 15) is 5.11 Å². The smallest absolute Gasteiger partial charge is 0.0953 e. The monoisotopic (exact) mass is 140 g/mol. The summed E-state index contributed by atoms with van der Waals surface area (Å²) in [6, 6.07) is 0. The normalized spacial score (nSPS) is 15.0. The van der Waals surface area contributed by atoms with Gasteiger partial charge in [-0.15, -0.1) is 0 Å². The van der Waals surface area contributed by atoms with E-state index in [0.29, 0.717) is 0 Å². The molecule has 0 aromatic heterocycles. The molecule has 1 N–H and O–H groups in total. The van der Waals surface area contributed by atoms with E-state index < -0.39 is 6.10 Å². The Bertz CT molecular complexity index is 145. The lowest BCUT2D eigenvalue weighted by Gasteiger charge is -2.09. The molecule has 0 bridgehead atoms. The van der Waals surface area contributed by atoms with Crippen LogP contribution in [0.3, 0.4) is 0 Å². The molecule has 0 heterocycles. The predicted molar refractivity (Wildman–Crippen MR) is 44.9 cm³/mol. The van der Waals surface area contributed by atoms with Crippen LogP contribution in [0.5, 0.6) is 0 Å². The Balaban J connectivity index is 4.06. The molecule has 0 radical (unpaired) electrons. The fraction of sp³-hybridized carbons (Fsp3) is 0.556. The maximum atomic E-state index is 9.36. The second kappa shape index (κ2) is 4.29. The molecule has 0 saturated heterocycles. The molecule has 0 amide bonds. The third kappa shape index (κ3) is 2.83. The van der Waals surface area contributed by atoms with Crippen LogP contribution in [0.1, 0.15) is 27.2 Å². The van der Waals surface area contributed by atoms with Gasteiger partial charge in [-0.05, 0) is 31.4 Å². The van der Waals surface area contributed by atoms with E-state index in [1.165, 1.54) is 0 Å². The minimum absolute atomic E-state index is 0.444. The van der Waals surface area contributed by atoms with Crippen molar-refractivity contribution in [3.05, 3.63) is 23.8 Å². The Hall–Kier alpha value is -0.560. The molecule has 1 nitrogen and oxygen atoms in total. The highest BCUT2D eigenvalue weighted by Gasteiger charge is 2.04. The van der Waals surface area contributed by atoms with E-state index in [-0.39, 0.29) is 0 Å². The number of rotatable bonds is 3. The molecule has 0 aliphatic rings. The molecule has 0 fully saturated rings. The van der Waals surface area contributed by atoms with Crippen molar-refractivity contribution in [2.24, 2.45) is 0 Å². The molecule has 1 unspecified atom stereocenters. The summed E-state index contributed by atoms with van der Waals surface area (Å²) in [5.74, 6) is 0. The van der Waals surface area contributed by atoms with Crippen LogP contribution in [-0.2, 0) is 0 Å². The first-order valence-corrected chi connectivity index (χ1v) is 3.59. The summed E-state index contributed by atoms with van der Waals surface area (Å²) in [6.45, 7) is 9.47. The zero-order valence-corrected chi connectivity index (χ0v) is 7.02. The Morgan fingerprint density at radius 2 is 2.10 bits per heavy atom. The fourth-order valence-electron chi connectivity index (χ4n) is 0.822. The summed E-state index contributed by atoms with van der Waals surface area (Å²) in [6.07, 6.45) is 2.54. The quantitative estimate of drug-likeness (QED) is 0.596. The van der Waals surface area contributed by atoms with Gasteiger partial charge in [-0.1, -0.05) is 19.6 Å². The average molecular weight is 140 g/mol. The lowest BCUT2D eigenvalue weighted by Crippen LogP contribution is -2.08. The Labute approximate surface area is 63.1 Å². The van der Waals surface area contributed by atoms with E-state index in [2.05, 4.69) is 13.5 Å². The zero-order valence-electron chi connectivity index (χ0n) is 7.02. The van der Waals surface area contributed by atoms with Crippen molar-refractivity contribution in [2.75, 3.05) is 0 Å². The molecular weight excluding hydrogens is 124 g/mol. The van der Waals surface area contributed by atoms with Crippen LogP contribution in [0.15, 0.2) is 23.8 Å². The molecule has 58 valence electrons. The molecule has 0 aromatic carbocycles. The first kappa shape index (κ1) is 9.44. The molecule has 0 aromatic rings. The first-order chi connectivity index (χ1) is 4.59. The van der Waals surface area contributed by atoms with Crippen molar-refractivity contribution < 1.29 is 5.11 Å². The SMILES string of the molecule is C=C(C)C(O)/C(C)=C\CC. The van der Waals surface area contributed by atoms with Gasteiger partial charge in [0.25, 0.3) is 0 Å². The van der Waals surface area contributed by atoms with Crippen LogP contribution >= 0.6 is 0 Å². The minimum atomic E-state index is -0.444. The largest absolute Gasteiger partial charge is 0.384 e. The lowest BCUT2D eigenvalue weighted by molar-refractivity contribution is 0.247. The van der Waals surface area contributed by atoms with Crippen molar-refractivity contribution in [1.82, 2.24) is 0 Å². The van der Waals surface area contributed by atoms with E-state index in [1.807, 2.05) is 19.9 Å². The van der Waals surface area contributed by atoms with Crippen LogP contribution in [0, 0.1) is 0 Å². The van der Waals surface area contributed by atoms with Crippen LogP contribution in [-0.4, -0.2) is 11.2 Å². The Morgan fingerprint density at radius 1 is 1.60 bits per heavy atom. The second-order valence-corrected chi connectivity index (χ2v) is 2.61. The summed E-state index contributed by atoms with van der Waals surface area (Å²) in [5, 5.41) is 9.36. The van der Waals surface area contributed by atoms with Crippen molar-refractivity contribution in [3.8, 4) is 0 Å². The molecular formula is C9H16O. The van der Waals surface area contributed by atoms with Crippen LogP contribution in [0.4, 0.5) is 0 Å². The lowest BCUT2D eigenvalue weighted by atomic mass is 10.1. The van der Waals surface area contributed by atoms with Crippen LogP contribution < -0.4 is 0 Å². The summed E-state index contributed by atoms with van der Waals surface area (Å²) in [4.78, 5) is 0. The van der Waals surface area contributed by atoms with Gasteiger partial charge in [-0.2, -0.15) is 0 Å². The van der Waals surface area contributed by atoms with E-state index >= 15 is 0 Å². The average Bonchev–Trinajstić information content (AvgIpc) is 1.87. The van der Waals surface area contributed by atoms with E-state index in [4.69, 9.17) is 0 Å². The highest BCUT2D eigenvalue weighted by atomic mass is 16.3. The molecule has 0 aliphatic heterocycles. The van der Waals surface area contributed by atoms with Gasteiger partial charge >= 0.3 is 0 Å². The third-order valence-electron chi connectivity index (χ3n) is 1.42. The van der Waals surface area contributed by atoms with Crippen molar-refractivity contribution in [3.63, 3.8) is 0 Å². The fourth-order valence-corrected chi connectivity index (χ4v) is 0.822. The maximum Gasteiger partial charge on any atom is 0.0953 e. The van der Waals surface area contributed by atoms with Crippen molar-refractivity contribution >= 4 is 0 Å². The zero-order chi connectivity index (χ0) is 8.15. The first-order valence-electron chi connectivity index (χ1n) is 3.59. The van der Waals surface area contributed by atoms with E-state index in [0.717, 1.165) is 17.6 Å². The van der Waals surface area contributed by atoms with Gasteiger partial charge in [0.05, 0.1) is 6.10 Å². The number of aliphatic hydroxyl groups is 1. The van der Waals surface area contributed by atoms with Gasteiger partial charge in [-0.25, -0.2) is 0 Å². The molecule has 1 atom stereocenters. The van der Waals surface area contributed by atoms with E-state index in [1.54, 1.807) is 0 Å². The highest BCUT2D eigenvalue weighted by Crippen LogP contribution is 2.09. The van der Waals surface area contributed by atoms with Gasteiger partial charge < -0.3 is 5.11 Å². The molecule has 10 heavy (non-hydrogen) atoms. The number of hydrogen-bond donors (Lipinski definition) is 1. The van der Waals surface area contributed by atoms with Crippen molar-refractivity contribution in [1.29, 1.82) is 0 Å². The third-order valence-corrected chi connectivity index (χ3v) is 1.42. The predicted octanol–water partition coefficient (Wildman–Crippen LogP) is 2.28. The minimum Gasteiger partial charge on any atom is -0.384 e. The molecule has 0 rings (SSSR count). The number of allylic oxidation sites excluding steroid dienone is 1. The number of aliphatic hydroxyl groups excluding tert-OH is 1. The van der Waals surface area contributed by atoms with Crippen molar-refractivity contribution in [2.45, 2.75) is 33.3 Å². The van der Waals surface area contributed by atoms with Gasteiger partial charge in [0, 0.05) is 0 Å². The standard InChI is InChI=1S/C9H16O/c1-5-6-8(4)9(10)7(2)3/h6,9-10H,2,5H2,1,3-4H3/b8-6-. The molecule has 0 spiro atoms. The summed E-state index contributed by atoms with van der Waals surface area (Å²) >= 11 is 0. The Kier molecular flexibility index (Phi) is 4.05.